The van der Waals surface area contributed by atoms with Gasteiger partial charge >= 0.3 is 0 Å². The minimum atomic E-state index is -1.01. The summed E-state index contributed by atoms with van der Waals surface area (Å²) in [7, 11) is 0. The van der Waals surface area contributed by atoms with Gasteiger partial charge in [-0.1, -0.05) is 6.07 Å². The van der Waals surface area contributed by atoms with Crippen LogP contribution in [0.15, 0.2) is 36.5 Å². The van der Waals surface area contributed by atoms with Crippen molar-refractivity contribution in [3.05, 3.63) is 53.7 Å². The molecule has 2 unspecified atom stereocenters. The molecule has 4 heterocycles. The number of imidazole rings is 1. The molecule has 3 aromatic heterocycles. The summed E-state index contributed by atoms with van der Waals surface area (Å²) in [6, 6.07) is 9.65. The van der Waals surface area contributed by atoms with E-state index in [0.717, 1.165) is 16.9 Å². The van der Waals surface area contributed by atoms with E-state index in [4.69, 9.17) is 4.74 Å². The summed E-state index contributed by atoms with van der Waals surface area (Å²) in [5.41, 5.74) is 3.43. The maximum atomic E-state index is 14.3. The third-order valence-electron chi connectivity index (χ3n) is 4.35. The summed E-state index contributed by atoms with van der Waals surface area (Å²) in [5, 5.41) is 0. The van der Waals surface area contributed by atoms with Gasteiger partial charge in [-0.25, -0.2) is 14.4 Å². The summed E-state index contributed by atoms with van der Waals surface area (Å²) >= 11 is 0. The van der Waals surface area contributed by atoms with Crippen LogP contribution in [0.1, 0.15) is 17.2 Å². The Morgan fingerprint density at radius 1 is 1.24 bits per heavy atom. The normalized spacial score (nSPS) is 21.2. The molecule has 1 aliphatic rings. The maximum absolute atomic E-state index is 14.3. The highest BCUT2D eigenvalue weighted by Crippen LogP contribution is 2.20. The van der Waals surface area contributed by atoms with Gasteiger partial charge in [0.1, 0.15) is 24.7 Å². The lowest BCUT2D eigenvalue weighted by Crippen LogP contribution is -2.24. The van der Waals surface area contributed by atoms with Crippen LogP contribution in [0, 0.1) is 6.92 Å². The predicted octanol–water partition coefficient (Wildman–Crippen LogP) is 2.40. The molecule has 4 rings (SSSR count). The van der Waals surface area contributed by atoms with Crippen LogP contribution in [-0.4, -0.2) is 50.2 Å². The largest absolute Gasteiger partial charge is 0.366 e. The summed E-state index contributed by atoms with van der Waals surface area (Å²) in [4.78, 5) is 18.2. The van der Waals surface area contributed by atoms with Crippen molar-refractivity contribution in [3.63, 3.8) is 0 Å². The molecule has 6 nitrogen and oxygen atoms in total. The Kier molecular flexibility index (Phi) is 4.42. The molecule has 0 saturated carbocycles. The number of nitrogens with one attached hydrogen (secondary N) is 1. The molecule has 2 atom stereocenters. The number of alkyl halides is 1. The summed E-state index contributed by atoms with van der Waals surface area (Å²) < 4.78 is 20.1. The fraction of sp³-hybridized carbons (Fsp3) is 0.389. The van der Waals surface area contributed by atoms with E-state index in [9.17, 15) is 4.39 Å². The smallest absolute Gasteiger partial charge is 0.177 e. The van der Waals surface area contributed by atoms with Crippen molar-refractivity contribution < 1.29 is 9.13 Å². The number of fused-ring (bicyclic) bond motifs is 1. The van der Waals surface area contributed by atoms with Crippen LogP contribution >= 0.6 is 0 Å². The molecule has 25 heavy (non-hydrogen) atoms. The van der Waals surface area contributed by atoms with Crippen LogP contribution in [0.25, 0.3) is 11.2 Å². The van der Waals surface area contributed by atoms with Gasteiger partial charge in [-0.3, -0.25) is 9.88 Å². The van der Waals surface area contributed by atoms with Crippen molar-refractivity contribution in [2.45, 2.75) is 32.4 Å². The van der Waals surface area contributed by atoms with Crippen LogP contribution in [0.3, 0.4) is 0 Å². The van der Waals surface area contributed by atoms with E-state index >= 15 is 0 Å². The molecule has 0 spiro atoms. The van der Waals surface area contributed by atoms with Crippen LogP contribution in [0.4, 0.5) is 4.39 Å². The van der Waals surface area contributed by atoms with Gasteiger partial charge in [-0.15, -0.1) is 0 Å². The highest BCUT2D eigenvalue weighted by Gasteiger charge is 2.33. The van der Waals surface area contributed by atoms with Crippen LogP contribution in [0.2, 0.25) is 0 Å². The zero-order valence-corrected chi connectivity index (χ0v) is 14.0. The number of aromatic nitrogens is 4. The Labute approximate surface area is 145 Å². The number of aromatic amines is 1. The minimum Gasteiger partial charge on any atom is -0.366 e. The lowest BCUT2D eigenvalue weighted by Gasteiger charge is -2.15. The molecule has 0 amide bonds. The second-order valence-corrected chi connectivity index (χ2v) is 6.39. The average molecular weight is 341 g/mol. The molecule has 7 heteroatoms. The summed E-state index contributed by atoms with van der Waals surface area (Å²) in [6.45, 7) is 3.76. The number of hydrogen-bond acceptors (Lipinski definition) is 5. The highest BCUT2D eigenvalue weighted by molar-refractivity contribution is 5.69. The first-order valence-corrected chi connectivity index (χ1v) is 8.37. The molecule has 0 radical (unpaired) electrons. The van der Waals surface area contributed by atoms with E-state index in [2.05, 4.69) is 19.9 Å². The first-order chi connectivity index (χ1) is 12.2. The molecule has 0 aromatic carbocycles. The van der Waals surface area contributed by atoms with Crippen LogP contribution in [0.5, 0.6) is 0 Å². The Morgan fingerprint density at radius 2 is 2.16 bits per heavy atom. The number of ether oxygens (including phenoxy) is 1. The Bertz CT molecular complexity index is 834. The van der Waals surface area contributed by atoms with E-state index in [-0.39, 0.29) is 6.61 Å². The summed E-state index contributed by atoms with van der Waals surface area (Å²) in [5.74, 6) is 0.666. The number of likely N-dealkylation sites (tertiary alicyclic amines) is 1. The standard InChI is InChI=1S/C18H20FN5O/c1-12-4-2-5-13(21-12)8-24-9-14(19)16(10-24)25-11-17-22-15-6-3-7-20-18(15)23-17/h2-7,14,16H,8-11H2,1H3,(H,20,22,23). The van der Waals surface area contributed by atoms with Crippen molar-refractivity contribution in [2.24, 2.45) is 0 Å². The van der Waals surface area contributed by atoms with Crippen molar-refractivity contribution in [1.82, 2.24) is 24.8 Å². The molecule has 1 saturated heterocycles. The number of hydrogen-bond donors (Lipinski definition) is 1. The molecule has 1 aliphatic heterocycles. The third kappa shape index (κ3) is 3.67. The number of nitrogens with zero attached hydrogens (tertiary/aromatic N) is 4. The van der Waals surface area contributed by atoms with E-state index in [1.807, 2.05) is 42.2 Å². The Morgan fingerprint density at radius 3 is 3.00 bits per heavy atom. The van der Waals surface area contributed by atoms with E-state index < -0.39 is 12.3 Å². The van der Waals surface area contributed by atoms with Crippen molar-refractivity contribution in [2.75, 3.05) is 13.1 Å². The number of halogens is 1. The van der Waals surface area contributed by atoms with Crippen LogP contribution in [-0.2, 0) is 17.9 Å². The first-order valence-electron chi connectivity index (χ1n) is 8.37. The first kappa shape index (κ1) is 16.1. The third-order valence-corrected chi connectivity index (χ3v) is 4.35. The molecule has 3 aromatic rings. The van der Waals surface area contributed by atoms with Gasteiger partial charge in [0.2, 0.25) is 0 Å². The maximum Gasteiger partial charge on any atom is 0.177 e. The Hall–Kier alpha value is -2.38. The number of rotatable bonds is 5. The Balaban J connectivity index is 1.35. The molecular weight excluding hydrogens is 321 g/mol. The van der Waals surface area contributed by atoms with Crippen LogP contribution < -0.4 is 0 Å². The van der Waals surface area contributed by atoms with E-state index in [1.54, 1.807) is 6.20 Å². The summed E-state index contributed by atoms with van der Waals surface area (Å²) in [6.07, 6.45) is 0.234. The van der Waals surface area contributed by atoms with Crippen molar-refractivity contribution in [1.29, 1.82) is 0 Å². The van der Waals surface area contributed by atoms with Gasteiger partial charge < -0.3 is 9.72 Å². The second-order valence-electron chi connectivity index (χ2n) is 6.39. The molecule has 1 N–H and O–H groups in total. The minimum absolute atomic E-state index is 0.248. The lowest BCUT2D eigenvalue weighted by atomic mass is 10.3. The van der Waals surface area contributed by atoms with E-state index in [1.165, 1.54) is 0 Å². The lowest BCUT2D eigenvalue weighted by molar-refractivity contribution is 0.00860. The topological polar surface area (TPSA) is 66.9 Å². The number of H-pyrrole nitrogens is 1. The van der Waals surface area contributed by atoms with Gasteiger partial charge in [0.05, 0.1) is 11.2 Å². The number of pyridine rings is 2. The highest BCUT2D eigenvalue weighted by atomic mass is 19.1. The molecule has 0 aliphatic carbocycles. The zero-order valence-electron chi connectivity index (χ0n) is 14.0. The van der Waals surface area contributed by atoms with E-state index in [0.29, 0.717) is 31.1 Å². The van der Waals surface area contributed by atoms with Gasteiger partial charge in [0, 0.05) is 31.5 Å². The van der Waals surface area contributed by atoms with Gasteiger partial charge in [0.15, 0.2) is 5.65 Å². The molecule has 0 bridgehead atoms. The quantitative estimate of drug-likeness (QED) is 0.772. The predicted molar refractivity (Wildman–Crippen MR) is 91.6 cm³/mol. The second kappa shape index (κ2) is 6.85. The SMILES string of the molecule is Cc1cccc(CN2CC(F)C(OCc3nc4ncccc4[nH]3)C2)n1. The average Bonchev–Trinajstić information content (AvgIpc) is 3.15. The molecule has 130 valence electrons. The molecule has 1 fully saturated rings. The van der Waals surface area contributed by atoms with Crippen molar-refractivity contribution in [3.8, 4) is 0 Å². The van der Waals surface area contributed by atoms with Gasteiger partial charge in [-0.2, -0.15) is 0 Å². The fourth-order valence-electron chi connectivity index (χ4n) is 3.16. The molecular formula is C18H20FN5O. The number of aryl methyl sites for hydroxylation is 1. The van der Waals surface area contributed by atoms with Gasteiger partial charge in [0.25, 0.3) is 0 Å². The van der Waals surface area contributed by atoms with Gasteiger partial charge in [-0.05, 0) is 31.2 Å². The zero-order chi connectivity index (χ0) is 17.2. The monoisotopic (exact) mass is 341 g/mol. The fourth-order valence-corrected chi connectivity index (χ4v) is 3.16. The van der Waals surface area contributed by atoms with Crippen molar-refractivity contribution >= 4 is 11.2 Å².